The predicted octanol–water partition coefficient (Wildman–Crippen LogP) is 2.28. The Bertz CT molecular complexity index is 541. The molecule has 1 aliphatic carbocycles. The average Bonchev–Trinajstić information content (AvgIpc) is 2.98. The Morgan fingerprint density at radius 3 is 2.40 bits per heavy atom. The second-order valence-corrected chi connectivity index (χ2v) is 6.62. The fourth-order valence-electron chi connectivity index (χ4n) is 1.43. The van der Waals surface area contributed by atoms with E-state index in [-0.39, 0.29) is 4.90 Å². The molecule has 1 fully saturated rings. The van der Waals surface area contributed by atoms with Crippen LogP contribution in [0.4, 0.5) is 0 Å². The molecule has 5 heteroatoms. The average molecular weight is 286 g/mol. The maximum absolute atomic E-state index is 12.1. The molecule has 1 saturated carbocycles. The molecule has 1 aromatic rings. The Hall–Kier alpha value is -0.860. The zero-order chi connectivity index (χ0) is 11.1. The van der Waals surface area contributed by atoms with Gasteiger partial charge in [0, 0.05) is 4.47 Å². The fraction of sp³-hybridized carbons (Fsp3) is 0.300. The van der Waals surface area contributed by atoms with Crippen molar-refractivity contribution < 1.29 is 8.42 Å². The first-order valence-electron chi connectivity index (χ1n) is 4.44. The van der Waals surface area contributed by atoms with E-state index in [1.54, 1.807) is 18.2 Å². The number of hydrogen-bond acceptors (Lipinski definition) is 3. The van der Waals surface area contributed by atoms with Crippen LogP contribution in [0.3, 0.4) is 0 Å². The minimum atomic E-state index is -3.52. The first-order valence-corrected chi connectivity index (χ1v) is 6.71. The number of hydrogen-bond donors (Lipinski definition) is 0. The standard InChI is InChI=1S/C10H8BrNO2S/c11-8-3-1-2-4-9(8)15(13,14)10(7-12)5-6-10/h1-4H,5-6H2. The molecule has 0 bridgehead atoms. The number of nitrogens with zero attached hydrogens (tertiary/aromatic N) is 1. The van der Waals surface area contributed by atoms with E-state index < -0.39 is 14.6 Å². The number of halogens is 1. The third-order valence-corrected chi connectivity index (χ3v) is 5.97. The molecule has 15 heavy (non-hydrogen) atoms. The molecule has 78 valence electrons. The highest BCUT2D eigenvalue weighted by Crippen LogP contribution is 2.47. The van der Waals surface area contributed by atoms with Crippen LogP contribution in [-0.2, 0) is 9.84 Å². The van der Waals surface area contributed by atoms with Gasteiger partial charge in [-0.15, -0.1) is 0 Å². The molecular weight excluding hydrogens is 278 g/mol. The number of rotatable bonds is 2. The fourth-order valence-corrected chi connectivity index (χ4v) is 4.11. The van der Waals surface area contributed by atoms with Gasteiger partial charge in [0.25, 0.3) is 0 Å². The first-order chi connectivity index (χ1) is 7.03. The quantitative estimate of drug-likeness (QED) is 0.838. The summed E-state index contributed by atoms with van der Waals surface area (Å²) in [6, 6.07) is 8.50. The summed E-state index contributed by atoms with van der Waals surface area (Å²) in [4.78, 5) is 0.212. The van der Waals surface area contributed by atoms with Gasteiger partial charge in [0.05, 0.1) is 11.0 Å². The summed E-state index contributed by atoms with van der Waals surface area (Å²) in [5.41, 5.74) is 0. The molecule has 0 saturated heterocycles. The molecule has 0 heterocycles. The van der Waals surface area contributed by atoms with Crippen LogP contribution in [0.1, 0.15) is 12.8 Å². The topological polar surface area (TPSA) is 57.9 Å². The molecule has 0 aliphatic heterocycles. The summed E-state index contributed by atoms with van der Waals surface area (Å²) < 4.78 is 23.6. The smallest absolute Gasteiger partial charge is 0.198 e. The van der Waals surface area contributed by atoms with Crippen LogP contribution in [0.15, 0.2) is 33.6 Å². The van der Waals surface area contributed by atoms with Gasteiger partial charge in [-0.2, -0.15) is 5.26 Å². The molecule has 1 aliphatic rings. The van der Waals surface area contributed by atoms with Crippen molar-refractivity contribution in [2.45, 2.75) is 22.5 Å². The van der Waals surface area contributed by atoms with E-state index >= 15 is 0 Å². The van der Waals surface area contributed by atoms with Crippen molar-refractivity contribution in [3.8, 4) is 6.07 Å². The van der Waals surface area contributed by atoms with Gasteiger partial charge >= 0.3 is 0 Å². The van der Waals surface area contributed by atoms with Crippen LogP contribution in [-0.4, -0.2) is 13.2 Å². The molecule has 1 aromatic carbocycles. The molecule has 3 nitrogen and oxygen atoms in total. The van der Waals surface area contributed by atoms with Crippen LogP contribution >= 0.6 is 15.9 Å². The minimum Gasteiger partial charge on any atom is -0.222 e. The molecule has 0 aromatic heterocycles. The number of nitriles is 1. The van der Waals surface area contributed by atoms with Crippen LogP contribution in [0, 0.1) is 11.3 Å². The van der Waals surface area contributed by atoms with Crippen molar-refractivity contribution in [1.29, 1.82) is 5.26 Å². The van der Waals surface area contributed by atoms with Gasteiger partial charge in [-0.1, -0.05) is 12.1 Å². The molecule has 0 spiro atoms. The maximum atomic E-state index is 12.1. The van der Waals surface area contributed by atoms with Gasteiger partial charge in [-0.05, 0) is 40.9 Å². The second kappa shape index (κ2) is 3.32. The van der Waals surface area contributed by atoms with Gasteiger partial charge in [0.2, 0.25) is 0 Å². The highest BCUT2D eigenvalue weighted by molar-refractivity contribution is 9.10. The lowest BCUT2D eigenvalue weighted by Crippen LogP contribution is -2.21. The molecule has 0 radical (unpaired) electrons. The lowest BCUT2D eigenvalue weighted by atomic mass is 10.4. The SMILES string of the molecule is N#CC1(S(=O)(=O)c2ccccc2Br)CC1. The van der Waals surface area contributed by atoms with E-state index in [9.17, 15) is 8.42 Å². The van der Waals surface area contributed by atoms with Gasteiger partial charge in [0.1, 0.15) is 0 Å². The molecule has 0 N–H and O–H groups in total. The summed E-state index contributed by atoms with van der Waals surface area (Å²) in [7, 11) is -3.52. The highest BCUT2D eigenvalue weighted by atomic mass is 79.9. The summed E-state index contributed by atoms with van der Waals surface area (Å²) in [6.07, 6.45) is 0.875. The Kier molecular flexibility index (Phi) is 2.36. The molecule has 2 rings (SSSR count). The third-order valence-electron chi connectivity index (χ3n) is 2.55. The van der Waals surface area contributed by atoms with Crippen molar-refractivity contribution >= 4 is 25.8 Å². The van der Waals surface area contributed by atoms with Gasteiger partial charge in [-0.3, -0.25) is 0 Å². The van der Waals surface area contributed by atoms with E-state index in [4.69, 9.17) is 5.26 Å². The Morgan fingerprint density at radius 2 is 1.93 bits per heavy atom. The molecule has 0 unspecified atom stereocenters. The third kappa shape index (κ3) is 1.48. The molecule has 0 amide bonds. The van der Waals surface area contributed by atoms with Crippen LogP contribution in [0.25, 0.3) is 0 Å². The Labute approximate surface area is 96.8 Å². The second-order valence-electron chi connectivity index (χ2n) is 3.54. The Balaban J connectivity index is 2.59. The predicted molar refractivity (Wildman–Crippen MR) is 58.9 cm³/mol. The van der Waals surface area contributed by atoms with Crippen LogP contribution in [0.2, 0.25) is 0 Å². The number of sulfone groups is 1. The monoisotopic (exact) mass is 285 g/mol. The summed E-state index contributed by atoms with van der Waals surface area (Å²) >= 11 is 3.19. The summed E-state index contributed by atoms with van der Waals surface area (Å²) in [5, 5.41) is 8.90. The van der Waals surface area contributed by atoms with Gasteiger partial charge in [-0.25, -0.2) is 8.42 Å². The van der Waals surface area contributed by atoms with Crippen molar-refractivity contribution in [2.24, 2.45) is 0 Å². The summed E-state index contributed by atoms with van der Waals surface area (Å²) in [5.74, 6) is 0. The highest BCUT2D eigenvalue weighted by Gasteiger charge is 2.56. The zero-order valence-corrected chi connectivity index (χ0v) is 10.2. The van der Waals surface area contributed by atoms with E-state index in [0.29, 0.717) is 17.3 Å². The largest absolute Gasteiger partial charge is 0.222 e. The first kappa shape index (κ1) is 10.7. The lowest BCUT2D eigenvalue weighted by molar-refractivity contribution is 0.587. The minimum absolute atomic E-state index is 0.212. The van der Waals surface area contributed by atoms with Crippen LogP contribution in [0.5, 0.6) is 0 Å². The summed E-state index contributed by atoms with van der Waals surface area (Å²) in [6.45, 7) is 0. The van der Waals surface area contributed by atoms with E-state index in [0.717, 1.165) is 0 Å². The lowest BCUT2D eigenvalue weighted by Gasteiger charge is -2.09. The van der Waals surface area contributed by atoms with Gasteiger partial charge in [0.15, 0.2) is 14.6 Å². The Morgan fingerprint density at radius 1 is 1.33 bits per heavy atom. The van der Waals surface area contributed by atoms with Gasteiger partial charge < -0.3 is 0 Å². The van der Waals surface area contributed by atoms with E-state index in [1.165, 1.54) is 6.07 Å². The van der Waals surface area contributed by atoms with Crippen molar-refractivity contribution in [3.05, 3.63) is 28.7 Å². The number of benzene rings is 1. The van der Waals surface area contributed by atoms with Crippen molar-refractivity contribution in [1.82, 2.24) is 0 Å². The zero-order valence-electron chi connectivity index (χ0n) is 7.77. The molecular formula is C10H8BrNO2S. The van der Waals surface area contributed by atoms with Crippen LogP contribution < -0.4 is 0 Å². The normalized spacial score (nSPS) is 18.1. The van der Waals surface area contributed by atoms with Crippen molar-refractivity contribution in [3.63, 3.8) is 0 Å². The van der Waals surface area contributed by atoms with E-state index in [2.05, 4.69) is 15.9 Å². The van der Waals surface area contributed by atoms with Crippen molar-refractivity contribution in [2.75, 3.05) is 0 Å². The van der Waals surface area contributed by atoms with E-state index in [1.807, 2.05) is 6.07 Å². The molecule has 0 atom stereocenters. The maximum Gasteiger partial charge on any atom is 0.198 e.